The number of likely N-dealkylation sites (tertiary alicyclic amines) is 1. The molecule has 2 atom stereocenters. The van der Waals surface area contributed by atoms with E-state index in [4.69, 9.17) is 11.6 Å². The third kappa shape index (κ3) is 4.15. The van der Waals surface area contributed by atoms with Gasteiger partial charge in [-0.2, -0.15) is 0 Å². The van der Waals surface area contributed by atoms with Gasteiger partial charge in [0.2, 0.25) is 0 Å². The Kier molecular flexibility index (Phi) is 6.33. The summed E-state index contributed by atoms with van der Waals surface area (Å²) in [5, 5.41) is 10.3. The van der Waals surface area contributed by atoms with Crippen LogP contribution >= 0.6 is 11.6 Å². The van der Waals surface area contributed by atoms with Crippen LogP contribution in [0.3, 0.4) is 0 Å². The largest absolute Gasteiger partial charge is 0.480 e. The normalized spacial score (nSPS) is 18.2. The van der Waals surface area contributed by atoms with Crippen LogP contribution in [0.5, 0.6) is 0 Å². The first-order valence-corrected chi connectivity index (χ1v) is 11.3. The first-order valence-electron chi connectivity index (χ1n) is 10.9. The molecule has 32 heavy (non-hydrogen) atoms. The highest BCUT2D eigenvalue weighted by atomic mass is 35.5. The predicted octanol–water partition coefficient (Wildman–Crippen LogP) is 6.56. The Bertz CT molecular complexity index is 1140. The van der Waals surface area contributed by atoms with E-state index < -0.39 is 12.0 Å². The van der Waals surface area contributed by atoms with E-state index in [2.05, 4.69) is 26.0 Å². The van der Waals surface area contributed by atoms with Crippen molar-refractivity contribution < 1.29 is 14.7 Å². The number of carbonyl (C=O) groups excluding carboxylic acids is 1. The highest BCUT2D eigenvalue weighted by molar-refractivity contribution is 6.31. The fourth-order valence-corrected chi connectivity index (χ4v) is 4.85. The highest BCUT2D eigenvalue weighted by Crippen LogP contribution is 2.40. The molecule has 3 aromatic carbocycles. The molecule has 0 aromatic heterocycles. The van der Waals surface area contributed by atoms with Crippen LogP contribution in [0, 0.1) is 0 Å². The maximum Gasteiger partial charge on any atom is 0.326 e. The maximum atomic E-state index is 13.5. The fourth-order valence-electron chi connectivity index (χ4n) is 4.59. The quantitative estimate of drug-likeness (QED) is 0.481. The molecule has 4 rings (SSSR count). The summed E-state index contributed by atoms with van der Waals surface area (Å²) in [6.45, 7) is 4.32. The number of hydrogen-bond donors (Lipinski definition) is 1. The lowest BCUT2D eigenvalue weighted by Gasteiger charge is -2.29. The fraction of sp³-hybridized carbons (Fsp3) is 0.259. The topological polar surface area (TPSA) is 57.6 Å². The van der Waals surface area contributed by atoms with Crippen molar-refractivity contribution in [3.8, 4) is 11.1 Å². The maximum absolute atomic E-state index is 13.5. The van der Waals surface area contributed by atoms with Crippen molar-refractivity contribution in [1.82, 2.24) is 4.90 Å². The summed E-state index contributed by atoms with van der Waals surface area (Å²) in [7, 11) is 0. The zero-order valence-corrected chi connectivity index (χ0v) is 18.9. The van der Waals surface area contributed by atoms with E-state index >= 15 is 0 Å². The van der Waals surface area contributed by atoms with E-state index in [1.807, 2.05) is 42.5 Å². The van der Waals surface area contributed by atoms with Crippen LogP contribution in [0.4, 0.5) is 0 Å². The molecule has 0 spiro atoms. The molecule has 0 radical (unpaired) electrons. The molecule has 1 amide bonds. The zero-order valence-electron chi connectivity index (χ0n) is 18.2. The molecule has 0 bridgehead atoms. The monoisotopic (exact) mass is 447 g/mol. The standard InChI is InChI=1S/C27H26ClNO3/c1-17(2)20-7-3-4-8-21(20)18-11-13-19(14-12-18)26(30)29-24(15-16-25(29)27(31)32)22-9-5-6-10-23(22)28/h3-14,17,24-25H,15-16H2,1-2H3,(H,31,32)/t24-,25+/m1/s1. The molecule has 0 unspecified atom stereocenters. The van der Waals surface area contributed by atoms with Crippen molar-refractivity contribution in [2.75, 3.05) is 0 Å². The van der Waals surface area contributed by atoms with Gasteiger partial charge in [-0.15, -0.1) is 0 Å². The predicted molar refractivity (Wildman–Crippen MR) is 127 cm³/mol. The number of hydrogen-bond acceptors (Lipinski definition) is 2. The second kappa shape index (κ2) is 9.17. The number of rotatable bonds is 5. The van der Waals surface area contributed by atoms with E-state index in [0.29, 0.717) is 29.3 Å². The van der Waals surface area contributed by atoms with Crippen LogP contribution in [0.2, 0.25) is 5.02 Å². The number of amides is 1. The minimum absolute atomic E-state index is 0.288. The van der Waals surface area contributed by atoms with Crippen LogP contribution < -0.4 is 0 Å². The Labute approximate surface area is 193 Å². The molecule has 1 aliphatic rings. The molecule has 1 heterocycles. The zero-order chi connectivity index (χ0) is 22.8. The van der Waals surface area contributed by atoms with Gasteiger partial charge >= 0.3 is 5.97 Å². The summed E-state index contributed by atoms with van der Waals surface area (Å²) in [5.41, 5.74) is 4.68. The first kappa shape index (κ1) is 22.1. The van der Waals surface area contributed by atoms with Crippen molar-refractivity contribution in [3.05, 3.63) is 94.5 Å². The van der Waals surface area contributed by atoms with Crippen LogP contribution in [-0.2, 0) is 4.79 Å². The molecule has 4 nitrogen and oxygen atoms in total. The SMILES string of the molecule is CC(C)c1ccccc1-c1ccc(C(=O)N2[C@@H](c3ccccc3Cl)CC[C@H]2C(=O)O)cc1. The molecule has 1 fully saturated rings. The molecule has 1 aliphatic heterocycles. The summed E-state index contributed by atoms with van der Waals surface area (Å²) >= 11 is 6.39. The molecule has 0 saturated carbocycles. The molecular formula is C27H26ClNO3. The van der Waals surface area contributed by atoms with Gasteiger partial charge in [-0.05, 0) is 59.2 Å². The minimum atomic E-state index is -0.990. The Morgan fingerprint density at radius 1 is 0.938 bits per heavy atom. The van der Waals surface area contributed by atoms with Crippen LogP contribution in [-0.4, -0.2) is 27.9 Å². The van der Waals surface area contributed by atoms with Gasteiger partial charge in [0.25, 0.3) is 5.91 Å². The Morgan fingerprint density at radius 2 is 1.59 bits per heavy atom. The number of carboxylic acid groups (broad SMARTS) is 1. The molecule has 3 aromatic rings. The number of carboxylic acids is 1. The number of carbonyl (C=O) groups is 2. The van der Waals surface area contributed by atoms with Crippen LogP contribution in [0.25, 0.3) is 11.1 Å². The van der Waals surface area contributed by atoms with E-state index in [9.17, 15) is 14.7 Å². The summed E-state index contributed by atoms with van der Waals surface area (Å²) in [6, 6.07) is 21.8. The van der Waals surface area contributed by atoms with Gasteiger partial charge in [0.1, 0.15) is 6.04 Å². The van der Waals surface area contributed by atoms with Crippen molar-refractivity contribution in [2.24, 2.45) is 0 Å². The van der Waals surface area contributed by atoms with Gasteiger partial charge in [-0.1, -0.05) is 80.0 Å². The van der Waals surface area contributed by atoms with Crippen LogP contribution in [0.1, 0.15) is 60.1 Å². The van der Waals surface area contributed by atoms with E-state index in [1.54, 1.807) is 18.2 Å². The summed E-state index contributed by atoms with van der Waals surface area (Å²) < 4.78 is 0. The lowest BCUT2D eigenvalue weighted by Crippen LogP contribution is -2.41. The molecular weight excluding hydrogens is 422 g/mol. The van der Waals surface area contributed by atoms with Gasteiger partial charge in [-0.25, -0.2) is 4.79 Å². The molecule has 1 N–H and O–H groups in total. The third-order valence-electron chi connectivity index (χ3n) is 6.19. The first-order chi connectivity index (χ1) is 15.4. The average molecular weight is 448 g/mol. The number of nitrogens with zero attached hydrogens (tertiary/aromatic N) is 1. The van der Waals surface area contributed by atoms with Gasteiger partial charge in [0.15, 0.2) is 0 Å². The summed E-state index contributed by atoms with van der Waals surface area (Å²) in [6.07, 6.45) is 0.961. The minimum Gasteiger partial charge on any atom is -0.480 e. The van der Waals surface area contributed by atoms with Crippen molar-refractivity contribution in [3.63, 3.8) is 0 Å². The highest BCUT2D eigenvalue weighted by Gasteiger charge is 2.42. The summed E-state index contributed by atoms with van der Waals surface area (Å²) in [4.78, 5) is 26.9. The van der Waals surface area contributed by atoms with Crippen LogP contribution in [0.15, 0.2) is 72.8 Å². The van der Waals surface area contributed by atoms with E-state index in [-0.39, 0.29) is 11.9 Å². The van der Waals surface area contributed by atoms with E-state index in [0.717, 1.165) is 16.7 Å². The smallest absolute Gasteiger partial charge is 0.326 e. The number of aliphatic carboxylic acids is 1. The Balaban J connectivity index is 1.67. The lowest BCUT2D eigenvalue weighted by atomic mass is 9.92. The number of benzene rings is 3. The van der Waals surface area contributed by atoms with Gasteiger partial charge in [0.05, 0.1) is 6.04 Å². The molecule has 1 saturated heterocycles. The van der Waals surface area contributed by atoms with Crippen molar-refractivity contribution >= 4 is 23.5 Å². The second-order valence-electron chi connectivity index (χ2n) is 8.50. The van der Waals surface area contributed by atoms with E-state index in [1.165, 1.54) is 10.5 Å². The molecule has 5 heteroatoms. The Hall–Kier alpha value is -3.11. The van der Waals surface area contributed by atoms with Gasteiger partial charge < -0.3 is 10.0 Å². The second-order valence-corrected chi connectivity index (χ2v) is 8.91. The third-order valence-corrected chi connectivity index (χ3v) is 6.54. The van der Waals surface area contributed by atoms with Crippen molar-refractivity contribution in [1.29, 1.82) is 0 Å². The lowest BCUT2D eigenvalue weighted by molar-refractivity contribution is -0.141. The Morgan fingerprint density at radius 3 is 2.25 bits per heavy atom. The average Bonchev–Trinajstić information content (AvgIpc) is 3.24. The molecule has 164 valence electrons. The number of halogens is 1. The van der Waals surface area contributed by atoms with Crippen molar-refractivity contribution in [2.45, 2.75) is 44.7 Å². The molecule has 0 aliphatic carbocycles. The van der Waals surface area contributed by atoms with Gasteiger partial charge in [0, 0.05) is 10.6 Å². The van der Waals surface area contributed by atoms with Gasteiger partial charge in [-0.3, -0.25) is 4.79 Å². The summed E-state index contributed by atoms with van der Waals surface area (Å²) in [5.74, 6) is -0.899.